The van der Waals surface area contributed by atoms with Gasteiger partial charge in [-0.2, -0.15) is 5.26 Å². The fraction of sp³-hybridized carbons (Fsp3) is 0. The fourth-order valence-electron chi connectivity index (χ4n) is 0.868. The standard InChI is InChI=1S/C8H5FN2O/c9-6-3-1-2-5(4-10)7(6)8(11)12/h1-3H,(H2,11,12). The van der Waals surface area contributed by atoms with Crippen LogP contribution in [0.2, 0.25) is 0 Å². The third kappa shape index (κ3) is 1.25. The van der Waals surface area contributed by atoms with Crippen LogP contribution >= 0.6 is 0 Å². The van der Waals surface area contributed by atoms with Gasteiger partial charge in [-0.1, -0.05) is 6.07 Å². The number of benzene rings is 1. The molecule has 0 aromatic heterocycles. The highest BCUT2D eigenvalue weighted by Gasteiger charge is 2.12. The van der Waals surface area contributed by atoms with Crippen molar-refractivity contribution in [3.05, 3.63) is 35.1 Å². The number of hydrogen-bond donors (Lipinski definition) is 1. The van der Waals surface area contributed by atoms with E-state index in [1.54, 1.807) is 6.07 Å². The Morgan fingerprint density at radius 3 is 2.67 bits per heavy atom. The van der Waals surface area contributed by atoms with Crippen LogP contribution in [0, 0.1) is 17.1 Å². The number of halogens is 1. The number of carbonyl (C=O) groups is 1. The van der Waals surface area contributed by atoms with Crippen molar-refractivity contribution in [2.75, 3.05) is 0 Å². The molecule has 12 heavy (non-hydrogen) atoms. The molecular weight excluding hydrogens is 159 g/mol. The summed E-state index contributed by atoms with van der Waals surface area (Å²) in [6.45, 7) is 0. The van der Waals surface area contributed by atoms with Crippen molar-refractivity contribution in [1.29, 1.82) is 5.26 Å². The molecule has 0 fully saturated rings. The van der Waals surface area contributed by atoms with Gasteiger partial charge < -0.3 is 5.73 Å². The zero-order valence-electron chi connectivity index (χ0n) is 6.04. The second kappa shape index (κ2) is 3.01. The lowest BCUT2D eigenvalue weighted by atomic mass is 10.1. The molecular formula is C8H5FN2O. The van der Waals surface area contributed by atoms with E-state index in [0.29, 0.717) is 0 Å². The highest BCUT2D eigenvalue weighted by Crippen LogP contribution is 2.11. The van der Waals surface area contributed by atoms with Gasteiger partial charge in [0.05, 0.1) is 11.1 Å². The van der Waals surface area contributed by atoms with Crippen molar-refractivity contribution in [2.45, 2.75) is 0 Å². The summed E-state index contributed by atoms with van der Waals surface area (Å²) in [7, 11) is 0. The van der Waals surface area contributed by atoms with Gasteiger partial charge in [-0.15, -0.1) is 0 Å². The Labute approximate surface area is 68.2 Å². The van der Waals surface area contributed by atoms with E-state index in [9.17, 15) is 9.18 Å². The fourth-order valence-corrected chi connectivity index (χ4v) is 0.868. The van der Waals surface area contributed by atoms with Crippen molar-refractivity contribution in [1.82, 2.24) is 0 Å². The van der Waals surface area contributed by atoms with Crippen LogP contribution in [0.3, 0.4) is 0 Å². The van der Waals surface area contributed by atoms with Gasteiger partial charge in [0.15, 0.2) is 0 Å². The summed E-state index contributed by atoms with van der Waals surface area (Å²) in [5.74, 6) is -1.69. The molecule has 0 aliphatic rings. The summed E-state index contributed by atoms with van der Waals surface area (Å²) in [4.78, 5) is 10.6. The summed E-state index contributed by atoms with van der Waals surface area (Å²) < 4.78 is 12.8. The molecule has 0 radical (unpaired) electrons. The SMILES string of the molecule is N#Cc1cccc(F)c1C(N)=O. The second-order valence-corrected chi connectivity index (χ2v) is 2.14. The number of nitrogens with zero attached hydrogens (tertiary/aromatic N) is 1. The molecule has 1 aromatic carbocycles. The maximum atomic E-state index is 12.8. The molecule has 4 heteroatoms. The minimum absolute atomic E-state index is 0.0394. The molecule has 0 heterocycles. The van der Waals surface area contributed by atoms with E-state index in [1.807, 2.05) is 0 Å². The highest BCUT2D eigenvalue weighted by atomic mass is 19.1. The smallest absolute Gasteiger partial charge is 0.253 e. The van der Waals surface area contributed by atoms with E-state index in [-0.39, 0.29) is 11.1 Å². The van der Waals surface area contributed by atoms with Crippen LogP contribution < -0.4 is 5.73 Å². The Kier molecular flexibility index (Phi) is 2.06. The third-order valence-corrected chi connectivity index (χ3v) is 1.38. The van der Waals surface area contributed by atoms with Crippen molar-refractivity contribution in [3.8, 4) is 6.07 Å². The van der Waals surface area contributed by atoms with E-state index in [2.05, 4.69) is 0 Å². The summed E-state index contributed by atoms with van der Waals surface area (Å²) in [6, 6.07) is 5.45. The number of hydrogen-bond acceptors (Lipinski definition) is 2. The van der Waals surface area contributed by atoms with E-state index in [4.69, 9.17) is 11.0 Å². The van der Waals surface area contributed by atoms with Crippen LogP contribution in [-0.4, -0.2) is 5.91 Å². The zero-order chi connectivity index (χ0) is 9.14. The first-order valence-corrected chi connectivity index (χ1v) is 3.15. The van der Waals surface area contributed by atoms with Crippen molar-refractivity contribution in [3.63, 3.8) is 0 Å². The van der Waals surface area contributed by atoms with Crippen molar-refractivity contribution in [2.24, 2.45) is 5.73 Å². The van der Waals surface area contributed by atoms with E-state index in [0.717, 1.165) is 6.07 Å². The Morgan fingerprint density at radius 1 is 1.58 bits per heavy atom. The van der Waals surface area contributed by atoms with Crippen molar-refractivity contribution >= 4 is 5.91 Å². The summed E-state index contributed by atoms with van der Waals surface area (Å²) in [6.07, 6.45) is 0. The Morgan fingerprint density at radius 2 is 2.25 bits per heavy atom. The molecule has 0 saturated heterocycles. The Hall–Kier alpha value is -1.89. The Balaban J connectivity index is 3.42. The second-order valence-electron chi connectivity index (χ2n) is 2.14. The van der Waals surface area contributed by atoms with Gasteiger partial charge in [0.1, 0.15) is 11.9 Å². The first kappa shape index (κ1) is 8.21. The quantitative estimate of drug-likeness (QED) is 0.666. The number of nitriles is 1. The van der Waals surface area contributed by atoms with E-state index >= 15 is 0 Å². The number of primary amides is 1. The summed E-state index contributed by atoms with van der Waals surface area (Å²) >= 11 is 0. The van der Waals surface area contributed by atoms with Gasteiger partial charge in [-0.25, -0.2) is 4.39 Å². The molecule has 1 aromatic rings. The van der Waals surface area contributed by atoms with Gasteiger partial charge in [0, 0.05) is 0 Å². The Bertz CT molecular complexity index is 368. The van der Waals surface area contributed by atoms with Gasteiger partial charge >= 0.3 is 0 Å². The normalized spacial score (nSPS) is 9.00. The number of amides is 1. The number of nitrogens with two attached hydrogens (primary N) is 1. The first-order valence-electron chi connectivity index (χ1n) is 3.15. The molecule has 0 unspecified atom stereocenters. The van der Waals surface area contributed by atoms with Gasteiger partial charge in [0.2, 0.25) is 0 Å². The predicted molar refractivity (Wildman–Crippen MR) is 39.6 cm³/mol. The molecule has 1 rings (SSSR count). The first-order chi connectivity index (χ1) is 5.66. The van der Waals surface area contributed by atoms with Gasteiger partial charge in [-0.3, -0.25) is 4.79 Å². The van der Waals surface area contributed by atoms with E-state index < -0.39 is 11.7 Å². The van der Waals surface area contributed by atoms with Crippen molar-refractivity contribution < 1.29 is 9.18 Å². The van der Waals surface area contributed by atoms with E-state index in [1.165, 1.54) is 12.1 Å². The summed E-state index contributed by atoms with van der Waals surface area (Å²) in [5.41, 5.74) is 4.47. The molecule has 1 amide bonds. The van der Waals surface area contributed by atoms with Gasteiger partial charge in [-0.05, 0) is 12.1 Å². The molecule has 3 nitrogen and oxygen atoms in total. The van der Waals surface area contributed by atoms with Crippen LogP contribution in [0.15, 0.2) is 18.2 Å². The number of rotatable bonds is 1. The van der Waals surface area contributed by atoms with Crippen LogP contribution in [0.1, 0.15) is 15.9 Å². The lowest BCUT2D eigenvalue weighted by molar-refractivity contribution is 0.0996. The minimum Gasteiger partial charge on any atom is -0.365 e. The molecule has 0 aliphatic heterocycles. The predicted octanol–water partition coefficient (Wildman–Crippen LogP) is 0.796. The molecule has 60 valence electrons. The van der Waals surface area contributed by atoms with Crippen LogP contribution in [0.5, 0.6) is 0 Å². The molecule has 0 aliphatic carbocycles. The average Bonchev–Trinajstić information content (AvgIpc) is 2.03. The topological polar surface area (TPSA) is 66.9 Å². The maximum absolute atomic E-state index is 12.8. The summed E-state index contributed by atoms with van der Waals surface area (Å²) in [5, 5.41) is 8.47. The largest absolute Gasteiger partial charge is 0.365 e. The molecule has 0 atom stereocenters. The van der Waals surface area contributed by atoms with Crippen LogP contribution in [0.25, 0.3) is 0 Å². The molecule has 0 bridgehead atoms. The lowest BCUT2D eigenvalue weighted by Gasteiger charge is -1.98. The van der Waals surface area contributed by atoms with Gasteiger partial charge in [0.25, 0.3) is 5.91 Å². The van der Waals surface area contributed by atoms with Crippen LogP contribution in [0.4, 0.5) is 4.39 Å². The third-order valence-electron chi connectivity index (χ3n) is 1.38. The van der Waals surface area contributed by atoms with Crippen LogP contribution in [-0.2, 0) is 0 Å². The molecule has 2 N–H and O–H groups in total. The number of carbonyl (C=O) groups excluding carboxylic acids is 1. The minimum atomic E-state index is -0.926. The maximum Gasteiger partial charge on any atom is 0.253 e. The molecule has 0 saturated carbocycles. The monoisotopic (exact) mass is 164 g/mol. The highest BCUT2D eigenvalue weighted by molar-refractivity contribution is 5.95. The average molecular weight is 164 g/mol. The zero-order valence-corrected chi connectivity index (χ0v) is 6.04. The lowest BCUT2D eigenvalue weighted by Crippen LogP contribution is -2.14. The molecule has 0 spiro atoms.